The molecule has 0 fully saturated rings. The minimum Gasteiger partial charge on any atom is -0.435 e. The summed E-state index contributed by atoms with van der Waals surface area (Å²) in [6.07, 6.45) is 1.51. The largest absolute Gasteiger partial charge is 0.435 e. The molecule has 3 aromatic rings. The molecule has 0 saturated carbocycles. The Morgan fingerprint density at radius 3 is 2.58 bits per heavy atom. The summed E-state index contributed by atoms with van der Waals surface area (Å²) in [5, 5.41) is 3.07. The van der Waals surface area contributed by atoms with Crippen molar-refractivity contribution < 1.29 is 22.7 Å². The van der Waals surface area contributed by atoms with E-state index in [2.05, 4.69) is 15.0 Å². The number of pyridine rings is 1. The number of ether oxygens (including phenoxy) is 1. The number of fused-ring (bicyclic) bond motifs is 1. The number of rotatable bonds is 4. The predicted molar refractivity (Wildman–Crippen MR) is 82.7 cm³/mol. The van der Waals surface area contributed by atoms with E-state index in [9.17, 15) is 18.0 Å². The molecule has 0 spiro atoms. The summed E-state index contributed by atoms with van der Waals surface area (Å²) in [6, 6.07) is 11.1. The van der Waals surface area contributed by atoms with Gasteiger partial charge in [0.05, 0.1) is 11.1 Å². The van der Waals surface area contributed by atoms with Crippen molar-refractivity contribution in [1.29, 1.82) is 0 Å². The van der Waals surface area contributed by atoms with Crippen molar-refractivity contribution in [1.82, 2.24) is 4.98 Å². The maximum atomic E-state index is 13.7. The normalized spacial score (nSPS) is 10.8. The molecule has 122 valence electrons. The van der Waals surface area contributed by atoms with Crippen molar-refractivity contribution >= 4 is 22.5 Å². The number of alkyl halides is 2. The molecule has 0 aliphatic carbocycles. The van der Waals surface area contributed by atoms with Gasteiger partial charge >= 0.3 is 6.61 Å². The Morgan fingerprint density at radius 1 is 1.12 bits per heavy atom. The van der Waals surface area contributed by atoms with Crippen LogP contribution in [-0.4, -0.2) is 17.5 Å². The van der Waals surface area contributed by atoms with E-state index in [4.69, 9.17) is 0 Å². The zero-order valence-corrected chi connectivity index (χ0v) is 12.2. The maximum absolute atomic E-state index is 13.7. The molecule has 1 heterocycles. The number of hydrogen-bond acceptors (Lipinski definition) is 3. The second kappa shape index (κ2) is 6.57. The van der Waals surface area contributed by atoms with Crippen LogP contribution in [0, 0.1) is 5.82 Å². The van der Waals surface area contributed by atoms with Crippen LogP contribution in [0.15, 0.2) is 54.7 Å². The van der Waals surface area contributed by atoms with Gasteiger partial charge in [-0.05, 0) is 42.5 Å². The summed E-state index contributed by atoms with van der Waals surface area (Å²) in [4.78, 5) is 16.5. The minimum atomic E-state index is -2.92. The summed E-state index contributed by atoms with van der Waals surface area (Å²) in [6.45, 7) is -2.92. The zero-order valence-electron chi connectivity index (χ0n) is 12.2. The SMILES string of the molecule is O=C(Nc1ccc(OC(F)F)cc1)c1cc(F)cc2cccnc12. The third-order valence-corrected chi connectivity index (χ3v) is 3.25. The molecule has 0 saturated heterocycles. The highest BCUT2D eigenvalue weighted by Gasteiger charge is 2.13. The van der Waals surface area contributed by atoms with Gasteiger partial charge in [-0.15, -0.1) is 0 Å². The Kier molecular flexibility index (Phi) is 4.33. The fourth-order valence-corrected chi connectivity index (χ4v) is 2.25. The molecule has 24 heavy (non-hydrogen) atoms. The van der Waals surface area contributed by atoms with Gasteiger partial charge in [-0.2, -0.15) is 8.78 Å². The molecule has 0 bridgehead atoms. The van der Waals surface area contributed by atoms with Gasteiger partial charge in [0.25, 0.3) is 5.91 Å². The molecular weight excluding hydrogens is 321 g/mol. The molecule has 1 aromatic heterocycles. The fraction of sp³-hybridized carbons (Fsp3) is 0.0588. The summed E-state index contributed by atoms with van der Waals surface area (Å²) in [5.41, 5.74) is 0.808. The Balaban J connectivity index is 1.85. The highest BCUT2D eigenvalue weighted by atomic mass is 19.3. The first-order chi connectivity index (χ1) is 11.5. The smallest absolute Gasteiger partial charge is 0.387 e. The summed E-state index contributed by atoms with van der Waals surface area (Å²) in [7, 11) is 0. The lowest BCUT2D eigenvalue weighted by Crippen LogP contribution is -2.13. The van der Waals surface area contributed by atoms with Crippen LogP contribution in [0.4, 0.5) is 18.9 Å². The van der Waals surface area contributed by atoms with Crippen LogP contribution in [-0.2, 0) is 0 Å². The van der Waals surface area contributed by atoms with E-state index < -0.39 is 18.3 Å². The Bertz CT molecular complexity index is 883. The van der Waals surface area contributed by atoms with Gasteiger partial charge in [0.1, 0.15) is 11.6 Å². The lowest BCUT2D eigenvalue weighted by atomic mass is 10.1. The van der Waals surface area contributed by atoms with Crippen molar-refractivity contribution in [3.63, 3.8) is 0 Å². The quantitative estimate of drug-likeness (QED) is 0.778. The van der Waals surface area contributed by atoms with Gasteiger partial charge in [0.2, 0.25) is 0 Å². The van der Waals surface area contributed by atoms with Crippen LogP contribution in [0.1, 0.15) is 10.4 Å². The van der Waals surface area contributed by atoms with E-state index in [0.29, 0.717) is 16.6 Å². The summed E-state index contributed by atoms with van der Waals surface area (Å²) >= 11 is 0. The molecule has 0 unspecified atom stereocenters. The second-order valence-corrected chi connectivity index (χ2v) is 4.89. The second-order valence-electron chi connectivity index (χ2n) is 4.89. The molecule has 4 nitrogen and oxygen atoms in total. The first kappa shape index (κ1) is 15.8. The van der Waals surface area contributed by atoms with Crippen molar-refractivity contribution in [2.24, 2.45) is 0 Å². The number of nitrogens with zero attached hydrogens (tertiary/aromatic N) is 1. The molecule has 0 aliphatic rings. The number of halogens is 3. The van der Waals surface area contributed by atoms with Crippen LogP contribution < -0.4 is 10.1 Å². The Morgan fingerprint density at radius 2 is 1.88 bits per heavy atom. The van der Waals surface area contributed by atoms with Crippen LogP contribution in [0.3, 0.4) is 0 Å². The number of hydrogen-bond donors (Lipinski definition) is 1. The van der Waals surface area contributed by atoms with Gasteiger partial charge in [-0.3, -0.25) is 9.78 Å². The number of aromatic nitrogens is 1. The highest BCUT2D eigenvalue weighted by molar-refractivity contribution is 6.11. The van der Waals surface area contributed by atoms with E-state index in [1.165, 1.54) is 36.5 Å². The number of anilines is 1. The first-order valence-corrected chi connectivity index (χ1v) is 6.93. The van der Waals surface area contributed by atoms with E-state index in [1.807, 2.05) is 0 Å². The molecule has 1 amide bonds. The van der Waals surface area contributed by atoms with Gasteiger partial charge in [-0.25, -0.2) is 4.39 Å². The minimum absolute atomic E-state index is 0.0270. The first-order valence-electron chi connectivity index (χ1n) is 6.93. The van der Waals surface area contributed by atoms with E-state index in [-0.39, 0.29) is 11.3 Å². The molecule has 0 atom stereocenters. The van der Waals surface area contributed by atoms with Crippen LogP contribution in [0.5, 0.6) is 5.75 Å². The Labute approximate surface area is 134 Å². The van der Waals surface area contributed by atoms with Crippen LogP contribution >= 0.6 is 0 Å². The molecule has 3 rings (SSSR count). The number of amides is 1. The summed E-state index contributed by atoms with van der Waals surface area (Å²) < 4.78 is 42.1. The number of carbonyl (C=O) groups is 1. The van der Waals surface area contributed by atoms with Gasteiger partial charge in [-0.1, -0.05) is 6.07 Å². The van der Waals surface area contributed by atoms with Crippen molar-refractivity contribution in [3.05, 3.63) is 66.1 Å². The molecule has 0 radical (unpaired) electrons. The average molecular weight is 332 g/mol. The van der Waals surface area contributed by atoms with Crippen LogP contribution in [0.2, 0.25) is 0 Å². The topological polar surface area (TPSA) is 51.2 Å². The number of nitrogens with one attached hydrogen (secondary N) is 1. The number of benzene rings is 2. The standard InChI is InChI=1S/C17H11F3N2O2/c18-11-8-10-2-1-7-21-15(10)14(9-11)16(23)22-12-3-5-13(6-4-12)24-17(19)20/h1-9,17H,(H,22,23). The van der Waals surface area contributed by atoms with Crippen LogP contribution in [0.25, 0.3) is 10.9 Å². The molecular formula is C17H11F3N2O2. The lowest BCUT2D eigenvalue weighted by Gasteiger charge is -2.09. The summed E-state index contributed by atoms with van der Waals surface area (Å²) in [5.74, 6) is -1.14. The van der Waals surface area contributed by atoms with E-state index in [0.717, 1.165) is 6.07 Å². The predicted octanol–water partition coefficient (Wildman–Crippen LogP) is 4.23. The Hall–Kier alpha value is -3.09. The van der Waals surface area contributed by atoms with Gasteiger partial charge < -0.3 is 10.1 Å². The lowest BCUT2D eigenvalue weighted by molar-refractivity contribution is -0.0498. The maximum Gasteiger partial charge on any atom is 0.387 e. The van der Waals surface area contributed by atoms with Gasteiger partial charge in [0.15, 0.2) is 0 Å². The van der Waals surface area contributed by atoms with Gasteiger partial charge in [0, 0.05) is 17.3 Å². The van der Waals surface area contributed by atoms with Crippen molar-refractivity contribution in [2.45, 2.75) is 6.61 Å². The third-order valence-electron chi connectivity index (χ3n) is 3.25. The average Bonchev–Trinajstić information content (AvgIpc) is 2.55. The fourth-order valence-electron chi connectivity index (χ4n) is 2.25. The van der Waals surface area contributed by atoms with Crippen molar-refractivity contribution in [3.8, 4) is 5.75 Å². The molecule has 2 aromatic carbocycles. The number of carbonyl (C=O) groups excluding carboxylic acids is 1. The van der Waals surface area contributed by atoms with E-state index in [1.54, 1.807) is 12.1 Å². The zero-order chi connectivity index (χ0) is 17.1. The highest BCUT2D eigenvalue weighted by Crippen LogP contribution is 2.21. The molecule has 1 N–H and O–H groups in total. The molecule has 7 heteroatoms. The monoisotopic (exact) mass is 332 g/mol. The van der Waals surface area contributed by atoms with Crippen molar-refractivity contribution in [2.75, 3.05) is 5.32 Å². The third kappa shape index (κ3) is 3.45. The van der Waals surface area contributed by atoms with E-state index >= 15 is 0 Å². The molecule has 0 aliphatic heterocycles.